The van der Waals surface area contributed by atoms with Crippen LogP contribution in [0.15, 0.2) is 24.3 Å². The van der Waals surface area contributed by atoms with Gasteiger partial charge in [0.25, 0.3) is 0 Å². The summed E-state index contributed by atoms with van der Waals surface area (Å²) < 4.78 is 22.9. The Morgan fingerprint density at radius 3 is 1.02 bits per heavy atom. The SMILES string of the molecule is CCCCCCCCCCCCCCCCCCCCCCCCCC/C=C/CC/C=C/C(O)C(COC1OC(CO)C(OC2OC(CO)C(O)C(O)C2O)C(O)C1O)NC(=O)CCCCCCCCCCCCCCCCCCCCCCCCCCCCCCCCCC. The minimum absolute atomic E-state index is 0.239. The predicted octanol–water partition coefficient (Wildman–Crippen LogP) is 19.0. The number of hydrogen-bond acceptors (Lipinski definition) is 13. The van der Waals surface area contributed by atoms with Gasteiger partial charge in [0.2, 0.25) is 5.91 Å². The van der Waals surface area contributed by atoms with Crippen molar-refractivity contribution in [3.05, 3.63) is 24.3 Å². The van der Waals surface area contributed by atoms with Gasteiger partial charge in [0.15, 0.2) is 12.6 Å². The van der Waals surface area contributed by atoms with E-state index in [1.807, 2.05) is 6.08 Å². The van der Waals surface area contributed by atoms with Crippen LogP contribution in [0.2, 0.25) is 0 Å². The zero-order valence-electron chi connectivity index (χ0n) is 62.4. The lowest BCUT2D eigenvalue weighted by Gasteiger charge is -2.46. The van der Waals surface area contributed by atoms with Gasteiger partial charge in [-0.25, -0.2) is 0 Å². The minimum atomic E-state index is -1.79. The van der Waals surface area contributed by atoms with Crippen LogP contribution >= 0.6 is 0 Å². The van der Waals surface area contributed by atoms with Gasteiger partial charge in [-0.05, 0) is 32.1 Å². The molecule has 2 saturated heterocycles. The van der Waals surface area contributed by atoms with Crippen LogP contribution in [0, 0.1) is 0 Å². The summed E-state index contributed by atoms with van der Waals surface area (Å²) in [6, 6.07) is -0.931. The Morgan fingerprint density at radius 1 is 0.365 bits per heavy atom. The molecule has 14 heteroatoms. The van der Waals surface area contributed by atoms with Crippen LogP contribution in [0.4, 0.5) is 0 Å². The molecule has 12 atom stereocenters. The fourth-order valence-corrected chi connectivity index (χ4v) is 14.1. The molecule has 0 radical (unpaired) electrons. The van der Waals surface area contributed by atoms with Crippen molar-refractivity contribution in [2.24, 2.45) is 0 Å². The van der Waals surface area contributed by atoms with E-state index < -0.39 is 86.8 Å². The number of ether oxygens (including phenoxy) is 4. The van der Waals surface area contributed by atoms with E-state index in [0.717, 1.165) is 32.1 Å². The number of aliphatic hydroxyl groups excluding tert-OH is 8. The molecule has 2 aliphatic rings. The Balaban J connectivity index is 1.61. The minimum Gasteiger partial charge on any atom is -0.394 e. The normalized spacial score (nSPS) is 22.3. The number of amides is 1. The molecule has 9 N–H and O–H groups in total. The number of carbonyl (C=O) groups is 1. The second-order valence-electron chi connectivity index (χ2n) is 29.6. The molecular formula is C82H157NO13. The lowest BCUT2D eigenvalue weighted by atomic mass is 9.97. The molecule has 0 aromatic rings. The summed E-state index contributed by atoms with van der Waals surface area (Å²) in [6.45, 7) is 2.86. The third-order valence-electron chi connectivity index (χ3n) is 20.6. The number of nitrogens with one attached hydrogen (secondary N) is 1. The highest BCUT2D eigenvalue weighted by Crippen LogP contribution is 2.30. The maximum atomic E-state index is 13.4. The molecule has 1 amide bonds. The van der Waals surface area contributed by atoms with Gasteiger partial charge in [0, 0.05) is 6.42 Å². The van der Waals surface area contributed by atoms with Gasteiger partial charge in [0.05, 0.1) is 32.0 Å². The summed E-state index contributed by atoms with van der Waals surface area (Å²) in [6.07, 6.45) is 70.0. The van der Waals surface area contributed by atoms with E-state index >= 15 is 0 Å². The molecule has 0 saturated carbocycles. The molecule has 12 unspecified atom stereocenters. The van der Waals surface area contributed by atoms with Gasteiger partial charge in [-0.2, -0.15) is 0 Å². The van der Waals surface area contributed by atoms with Crippen molar-refractivity contribution in [1.82, 2.24) is 5.32 Å². The maximum Gasteiger partial charge on any atom is 0.220 e. The number of carbonyl (C=O) groups excluding carboxylic acids is 1. The predicted molar refractivity (Wildman–Crippen MR) is 397 cm³/mol. The zero-order chi connectivity index (χ0) is 69.4. The molecule has 2 aliphatic heterocycles. The lowest BCUT2D eigenvalue weighted by molar-refractivity contribution is -0.359. The van der Waals surface area contributed by atoms with Crippen molar-refractivity contribution >= 4 is 5.91 Å². The van der Waals surface area contributed by atoms with Gasteiger partial charge in [-0.1, -0.05) is 385 Å². The number of hydrogen-bond donors (Lipinski definition) is 9. The molecule has 2 rings (SSSR count). The van der Waals surface area contributed by atoms with Gasteiger partial charge >= 0.3 is 0 Å². The lowest BCUT2D eigenvalue weighted by Crippen LogP contribution is -2.65. The third kappa shape index (κ3) is 49.1. The molecular weight excluding hydrogens is 1210 g/mol. The monoisotopic (exact) mass is 1360 g/mol. The average molecular weight is 1370 g/mol. The van der Waals surface area contributed by atoms with Crippen molar-refractivity contribution in [3.63, 3.8) is 0 Å². The quantitative estimate of drug-likeness (QED) is 0.0204. The van der Waals surface area contributed by atoms with E-state index in [0.29, 0.717) is 12.8 Å². The van der Waals surface area contributed by atoms with E-state index in [2.05, 4.69) is 31.3 Å². The molecule has 0 aromatic heterocycles. The molecule has 0 bridgehead atoms. The Hall–Kier alpha value is -1.53. The van der Waals surface area contributed by atoms with Crippen molar-refractivity contribution in [2.45, 2.75) is 473 Å². The summed E-state index contributed by atoms with van der Waals surface area (Å²) in [5.74, 6) is -0.239. The zero-order valence-corrected chi connectivity index (χ0v) is 62.4. The largest absolute Gasteiger partial charge is 0.394 e. The van der Waals surface area contributed by atoms with Crippen LogP contribution in [-0.4, -0.2) is 140 Å². The van der Waals surface area contributed by atoms with Crippen LogP contribution in [0.5, 0.6) is 0 Å². The number of unbranched alkanes of at least 4 members (excludes halogenated alkanes) is 56. The summed E-state index contributed by atoms with van der Waals surface area (Å²) in [7, 11) is 0. The molecule has 96 heavy (non-hydrogen) atoms. The van der Waals surface area contributed by atoms with E-state index in [-0.39, 0.29) is 18.9 Å². The summed E-state index contributed by atoms with van der Waals surface area (Å²) in [5, 5.41) is 87.7. The Labute approximate surface area is 589 Å². The fraction of sp³-hybridized carbons (Fsp3) is 0.939. The van der Waals surface area contributed by atoms with Gasteiger partial charge in [-0.15, -0.1) is 0 Å². The molecule has 0 spiro atoms. The van der Waals surface area contributed by atoms with E-state index in [4.69, 9.17) is 18.9 Å². The van der Waals surface area contributed by atoms with E-state index in [9.17, 15) is 45.6 Å². The van der Waals surface area contributed by atoms with Crippen molar-refractivity contribution < 1.29 is 64.6 Å². The van der Waals surface area contributed by atoms with E-state index in [1.165, 1.54) is 334 Å². The first-order chi connectivity index (χ1) is 47.1. The van der Waals surface area contributed by atoms with Crippen molar-refractivity contribution in [2.75, 3.05) is 19.8 Å². The van der Waals surface area contributed by atoms with Gasteiger partial charge in [0.1, 0.15) is 48.8 Å². The highest BCUT2D eigenvalue weighted by molar-refractivity contribution is 5.76. The second kappa shape index (κ2) is 66.7. The number of allylic oxidation sites excluding steroid dienone is 3. The third-order valence-corrected chi connectivity index (χ3v) is 20.6. The molecule has 14 nitrogen and oxygen atoms in total. The Morgan fingerprint density at radius 2 is 0.667 bits per heavy atom. The van der Waals surface area contributed by atoms with Crippen LogP contribution in [0.25, 0.3) is 0 Å². The second-order valence-corrected chi connectivity index (χ2v) is 29.6. The molecule has 568 valence electrons. The first kappa shape index (κ1) is 90.6. The summed E-state index contributed by atoms with van der Waals surface area (Å²) in [4.78, 5) is 13.4. The van der Waals surface area contributed by atoms with Gasteiger partial charge in [-0.3, -0.25) is 4.79 Å². The van der Waals surface area contributed by atoms with Gasteiger partial charge < -0.3 is 65.1 Å². The molecule has 2 heterocycles. The first-order valence-electron chi connectivity index (χ1n) is 41.6. The molecule has 0 aliphatic carbocycles. The first-order valence-corrected chi connectivity index (χ1v) is 41.6. The Bertz CT molecular complexity index is 1700. The number of rotatable bonds is 71. The standard InChI is InChI=1S/C82H157NO13/c1-3-5-7-9-11-13-15-17-19-21-23-25-27-29-31-33-35-36-38-40-42-44-46-48-50-52-54-56-58-60-62-64-66-74(87)83-70(69-93-81-79(92)77(90)80(73(68-85)95-81)96-82-78(91)76(89)75(88)72(67-84)94-82)71(86)65-63-61-59-57-55-53-51-49-47-45-43-41-39-37-34-32-30-28-26-24-22-20-18-16-14-12-10-8-6-4-2/h55,57,63,65,70-73,75-82,84-86,88-92H,3-54,56,58-62,64,66-69H2,1-2H3,(H,83,87)/b57-55+,65-63+. The van der Waals surface area contributed by atoms with Crippen LogP contribution in [-0.2, 0) is 23.7 Å². The summed E-state index contributed by atoms with van der Waals surface area (Å²) in [5.41, 5.74) is 0. The Kier molecular flexibility index (Phi) is 62.9. The average Bonchev–Trinajstić information content (AvgIpc) is 0.796. The number of aliphatic hydroxyl groups is 8. The maximum absolute atomic E-state index is 13.4. The van der Waals surface area contributed by atoms with E-state index in [1.54, 1.807) is 6.08 Å². The van der Waals surface area contributed by atoms with Crippen molar-refractivity contribution in [3.8, 4) is 0 Å². The highest BCUT2D eigenvalue weighted by atomic mass is 16.7. The van der Waals surface area contributed by atoms with Crippen molar-refractivity contribution in [1.29, 1.82) is 0 Å². The fourth-order valence-electron chi connectivity index (χ4n) is 14.1. The summed E-state index contributed by atoms with van der Waals surface area (Å²) >= 11 is 0. The van der Waals surface area contributed by atoms with Crippen LogP contribution < -0.4 is 5.32 Å². The smallest absolute Gasteiger partial charge is 0.220 e. The van der Waals surface area contributed by atoms with Crippen LogP contribution in [0.1, 0.15) is 399 Å². The molecule has 0 aromatic carbocycles. The molecule has 2 fully saturated rings. The highest BCUT2D eigenvalue weighted by Gasteiger charge is 2.51. The topological polar surface area (TPSA) is 228 Å². The van der Waals surface area contributed by atoms with Crippen LogP contribution in [0.3, 0.4) is 0 Å².